The summed E-state index contributed by atoms with van der Waals surface area (Å²) in [4.78, 5) is 19.4. The lowest BCUT2D eigenvalue weighted by Crippen LogP contribution is -2.35. The third-order valence-corrected chi connectivity index (χ3v) is 6.20. The molecule has 33 heavy (non-hydrogen) atoms. The number of aromatic nitrogens is 1. The molecule has 1 aromatic heterocycles. The molecule has 2 unspecified atom stereocenters. The average molecular weight is 451 g/mol. The molecule has 0 saturated carbocycles. The van der Waals surface area contributed by atoms with Gasteiger partial charge in [0.25, 0.3) is 0 Å². The van der Waals surface area contributed by atoms with E-state index < -0.39 is 11.5 Å². The van der Waals surface area contributed by atoms with Crippen LogP contribution in [0.3, 0.4) is 0 Å². The highest BCUT2D eigenvalue weighted by Crippen LogP contribution is 2.38. The van der Waals surface area contributed by atoms with E-state index in [1.165, 1.54) is 12.7 Å². The van der Waals surface area contributed by atoms with E-state index in [1.54, 1.807) is 6.20 Å². The number of carbonyl (C=O) groups excluding carboxylic acids is 1. The Kier molecular flexibility index (Phi) is 8.12. The van der Waals surface area contributed by atoms with Crippen LogP contribution in [-0.4, -0.2) is 42.2 Å². The number of esters is 1. The lowest BCUT2D eigenvalue weighted by atomic mass is 9.81. The van der Waals surface area contributed by atoms with Crippen LogP contribution < -0.4 is 4.74 Å². The fourth-order valence-electron chi connectivity index (χ4n) is 4.25. The first-order valence-corrected chi connectivity index (χ1v) is 11.4. The summed E-state index contributed by atoms with van der Waals surface area (Å²) >= 11 is 0. The maximum atomic E-state index is 12.5. The van der Waals surface area contributed by atoms with Crippen molar-refractivity contribution in [3.05, 3.63) is 58.9 Å². The van der Waals surface area contributed by atoms with Gasteiger partial charge in [-0.15, -0.1) is 6.42 Å². The zero-order valence-corrected chi connectivity index (χ0v) is 20.3. The van der Waals surface area contributed by atoms with Crippen molar-refractivity contribution in [2.45, 2.75) is 59.4 Å². The summed E-state index contributed by atoms with van der Waals surface area (Å²) in [6.07, 6.45) is 7.74. The van der Waals surface area contributed by atoms with E-state index in [-0.39, 0.29) is 18.7 Å². The molecule has 3 rings (SSSR count). The molecular formula is C27H34N2O4. The van der Waals surface area contributed by atoms with Crippen LogP contribution in [0.4, 0.5) is 0 Å². The van der Waals surface area contributed by atoms with Crippen LogP contribution in [0, 0.1) is 24.7 Å². The second kappa shape index (κ2) is 10.8. The standard InChI is InChI=1S/C27H34N2O4/c1-7-14-32-25(27(4,5)26(30)31-6)20-12-11-19(3)21(15-20)16-29-17-22(8-2)33-24-10-9-13-28-23(24)18-29/h1,9-13,15,22,25H,8,14,16-18H2,2-6H3. The zero-order chi connectivity index (χ0) is 24.0. The zero-order valence-electron chi connectivity index (χ0n) is 20.3. The maximum absolute atomic E-state index is 12.5. The van der Waals surface area contributed by atoms with E-state index in [0.717, 1.165) is 42.1 Å². The van der Waals surface area contributed by atoms with Crippen molar-refractivity contribution in [1.29, 1.82) is 0 Å². The molecule has 2 aromatic rings. The second-order valence-electron chi connectivity index (χ2n) is 9.06. The first-order valence-electron chi connectivity index (χ1n) is 11.4. The Morgan fingerprint density at radius 2 is 2.18 bits per heavy atom. The van der Waals surface area contributed by atoms with Gasteiger partial charge in [-0.3, -0.25) is 14.7 Å². The van der Waals surface area contributed by atoms with Gasteiger partial charge in [-0.1, -0.05) is 31.0 Å². The normalized spacial score (nSPS) is 17.3. The van der Waals surface area contributed by atoms with Crippen LogP contribution in [0.5, 0.6) is 5.75 Å². The highest BCUT2D eigenvalue weighted by molar-refractivity contribution is 5.77. The number of methoxy groups -OCH3 is 1. The summed E-state index contributed by atoms with van der Waals surface area (Å²) in [5.74, 6) is 3.03. The molecule has 0 fully saturated rings. The number of carbonyl (C=O) groups is 1. The third kappa shape index (κ3) is 5.73. The van der Waals surface area contributed by atoms with Gasteiger partial charge >= 0.3 is 5.97 Å². The van der Waals surface area contributed by atoms with Gasteiger partial charge in [-0.2, -0.15) is 0 Å². The minimum absolute atomic E-state index is 0.101. The second-order valence-corrected chi connectivity index (χ2v) is 9.06. The summed E-state index contributed by atoms with van der Waals surface area (Å²) in [6, 6.07) is 10.1. The van der Waals surface area contributed by atoms with Crippen molar-refractivity contribution in [3.8, 4) is 18.1 Å². The van der Waals surface area contributed by atoms with Crippen LogP contribution in [0.2, 0.25) is 0 Å². The smallest absolute Gasteiger partial charge is 0.314 e. The fourth-order valence-corrected chi connectivity index (χ4v) is 4.25. The largest absolute Gasteiger partial charge is 0.487 e. The number of rotatable bonds is 8. The van der Waals surface area contributed by atoms with Crippen molar-refractivity contribution in [2.75, 3.05) is 20.3 Å². The highest BCUT2D eigenvalue weighted by Gasteiger charge is 2.40. The van der Waals surface area contributed by atoms with Gasteiger partial charge in [0, 0.05) is 25.8 Å². The molecule has 0 bridgehead atoms. The number of nitrogens with zero attached hydrogens (tertiary/aromatic N) is 2. The maximum Gasteiger partial charge on any atom is 0.314 e. The minimum atomic E-state index is -0.898. The molecule has 176 valence electrons. The Balaban J connectivity index is 1.91. The van der Waals surface area contributed by atoms with Crippen molar-refractivity contribution in [1.82, 2.24) is 9.88 Å². The molecule has 0 radical (unpaired) electrons. The Labute approximate surface area is 197 Å². The molecule has 0 N–H and O–H groups in total. The topological polar surface area (TPSA) is 60.9 Å². The van der Waals surface area contributed by atoms with E-state index in [4.69, 9.17) is 20.6 Å². The summed E-state index contributed by atoms with van der Waals surface area (Å²) in [6.45, 7) is 10.2. The number of pyridine rings is 1. The van der Waals surface area contributed by atoms with E-state index in [9.17, 15) is 4.79 Å². The lowest BCUT2D eigenvalue weighted by molar-refractivity contribution is -0.160. The molecule has 0 saturated heterocycles. The Hall–Kier alpha value is -2.88. The predicted molar refractivity (Wildman–Crippen MR) is 128 cm³/mol. The van der Waals surface area contributed by atoms with Gasteiger partial charge in [0.05, 0.1) is 24.3 Å². The third-order valence-electron chi connectivity index (χ3n) is 6.20. The van der Waals surface area contributed by atoms with Gasteiger partial charge in [0.1, 0.15) is 18.5 Å². The summed E-state index contributed by atoms with van der Waals surface area (Å²) in [5.41, 5.74) is 3.29. The SMILES string of the molecule is C#CCOC(c1ccc(C)c(CN2Cc3ncccc3OC(CC)C2)c1)C(C)(C)C(=O)OC. The quantitative estimate of drug-likeness (QED) is 0.437. The lowest BCUT2D eigenvalue weighted by Gasteiger charge is -2.32. The van der Waals surface area contributed by atoms with Gasteiger partial charge in [0.15, 0.2) is 0 Å². The first kappa shape index (κ1) is 24.8. The Bertz CT molecular complexity index is 1010. The molecule has 1 aliphatic rings. The number of benzene rings is 1. The van der Waals surface area contributed by atoms with Crippen molar-refractivity contribution >= 4 is 5.97 Å². The predicted octanol–water partition coefficient (Wildman–Crippen LogP) is 4.45. The average Bonchev–Trinajstić information content (AvgIpc) is 2.99. The monoisotopic (exact) mass is 450 g/mol. The van der Waals surface area contributed by atoms with Crippen LogP contribution in [0.15, 0.2) is 36.5 Å². The van der Waals surface area contributed by atoms with Crippen molar-refractivity contribution in [2.24, 2.45) is 5.41 Å². The Morgan fingerprint density at radius 1 is 1.39 bits per heavy atom. The number of hydrogen-bond donors (Lipinski definition) is 0. The van der Waals surface area contributed by atoms with Crippen molar-refractivity contribution in [3.63, 3.8) is 0 Å². The Morgan fingerprint density at radius 3 is 2.88 bits per heavy atom. The summed E-state index contributed by atoms with van der Waals surface area (Å²) in [5, 5.41) is 0. The molecule has 6 heteroatoms. The molecule has 0 aliphatic carbocycles. The van der Waals surface area contributed by atoms with Gasteiger partial charge < -0.3 is 14.2 Å². The molecular weight excluding hydrogens is 416 g/mol. The minimum Gasteiger partial charge on any atom is -0.487 e. The first-order chi connectivity index (χ1) is 15.8. The van der Waals surface area contributed by atoms with Crippen molar-refractivity contribution < 1.29 is 19.0 Å². The number of aryl methyl sites for hydroxylation is 1. The van der Waals surface area contributed by atoms with Crippen LogP contribution in [0.1, 0.15) is 55.7 Å². The van der Waals surface area contributed by atoms with E-state index in [0.29, 0.717) is 6.54 Å². The molecule has 1 aliphatic heterocycles. The molecule has 1 aromatic carbocycles. The molecule has 2 atom stereocenters. The number of hydrogen-bond acceptors (Lipinski definition) is 6. The summed E-state index contributed by atoms with van der Waals surface area (Å²) in [7, 11) is 1.39. The van der Waals surface area contributed by atoms with Crippen LogP contribution >= 0.6 is 0 Å². The summed E-state index contributed by atoms with van der Waals surface area (Å²) < 4.78 is 17.2. The molecule has 2 heterocycles. The van der Waals surface area contributed by atoms with Crippen LogP contribution in [0.25, 0.3) is 0 Å². The highest BCUT2D eigenvalue weighted by atomic mass is 16.5. The van der Waals surface area contributed by atoms with Gasteiger partial charge in [-0.05, 0) is 56.0 Å². The van der Waals surface area contributed by atoms with Gasteiger partial charge in [-0.25, -0.2) is 0 Å². The number of terminal acetylenes is 1. The number of fused-ring (bicyclic) bond motifs is 1. The fraction of sp³-hybridized carbons (Fsp3) is 0.481. The van der Waals surface area contributed by atoms with E-state index in [1.807, 2.05) is 32.0 Å². The van der Waals surface area contributed by atoms with Gasteiger partial charge in [0.2, 0.25) is 0 Å². The van der Waals surface area contributed by atoms with E-state index >= 15 is 0 Å². The molecule has 6 nitrogen and oxygen atoms in total. The van der Waals surface area contributed by atoms with Crippen LogP contribution in [-0.2, 0) is 27.4 Å². The molecule has 0 amide bonds. The number of ether oxygens (including phenoxy) is 3. The van der Waals surface area contributed by atoms with E-state index in [2.05, 4.69) is 41.8 Å². The molecule has 0 spiro atoms.